The zero-order chi connectivity index (χ0) is 9.99. The predicted molar refractivity (Wildman–Crippen MR) is 57.1 cm³/mol. The minimum absolute atomic E-state index is 0.184. The Labute approximate surface area is 84.1 Å². The first kappa shape index (κ1) is 12.6. The van der Waals surface area contributed by atoms with E-state index in [2.05, 4.69) is 20.8 Å². The Morgan fingerprint density at radius 2 is 1.83 bits per heavy atom. The highest BCUT2D eigenvalue weighted by molar-refractivity contribution is 8.10. The zero-order valence-corrected chi connectivity index (χ0v) is 10.3. The van der Waals surface area contributed by atoms with Crippen LogP contribution in [0.3, 0.4) is 0 Å². The minimum atomic E-state index is -3.03. The molecule has 0 amide bonds. The molecule has 0 spiro atoms. The monoisotopic (exact) mass is 228 g/mol. The van der Waals surface area contributed by atoms with Crippen LogP contribution in [0.25, 0.3) is 0 Å². The third kappa shape index (κ3) is 8.64. The topological polar surface area (TPSA) is 17.1 Å². The molecule has 0 saturated carbocycles. The average molecular weight is 229 g/mol. The predicted octanol–water partition coefficient (Wildman–Crippen LogP) is 5.00. The standard InChI is InChI=1S/C8H15Cl2OP/c1-7(5-8(2,3)4)6-12(9,10)11/h6H,5H2,1-4H3. The van der Waals surface area contributed by atoms with Gasteiger partial charge in [-0.2, -0.15) is 0 Å². The van der Waals surface area contributed by atoms with Crippen LogP contribution in [0.1, 0.15) is 34.1 Å². The largest absolute Gasteiger partial charge is 0.285 e. The number of hydrogen-bond acceptors (Lipinski definition) is 1. The van der Waals surface area contributed by atoms with Crippen LogP contribution in [-0.4, -0.2) is 0 Å². The first-order chi connectivity index (χ1) is 5.10. The van der Waals surface area contributed by atoms with Crippen molar-refractivity contribution in [2.45, 2.75) is 34.1 Å². The number of rotatable bonds is 2. The zero-order valence-electron chi connectivity index (χ0n) is 7.90. The van der Waals surface area contributed by atoms with E-state index in [1.807, 2.05) is 6.92 Å². The van der Waals surface area contributed by atoms with E-state index >= 15 is 0 Å². The van der Waals surface area contributed by atoms with Crippen LogP contribution < -0.4 is 0 Å². The molecule has 0 unspecified atom stereocenters. The van der Waals surface area contributed by atoms with Gasteiger partial charge >= 0.3 is 0 Å². The summed E-state index contributed by atoms with van der Waals surface area (Å²) in [6, 6.07) is 0. The van der Waals surface area contributed by atoms with Crippen molar-refractivity contribution in [2.24, 2.45) is 5.41 Å². The van der Waals surface area contributed by atoms with Gasteiger partial charge in [0, 0.05) is 5.82 Å². The normalized spacial score (nSPS) is 15.0. The second-order valence-corrected chi connectivity index (χ2v) is 9.01. The maximum absolute atomic E-state index is 11.0. The van der Waals surface area contributed by atoms with Gasteiger partial charge in [0.25, 0.3) is 5.85 Å². The Balaban J connectivity index is 4.33. The summed E-state index contributed by atoms with van der Waals surface area (Å²) in [6.07, 6.45) is 0.858. The van der Waals surface area contributed by atoms with Crippen LogP contribution >= 0.6 is 28.3 Å². The highest BCUT2D eigenvalue weighted by Gasteiger charge is 2.14. The molecule has 1 nitrogen and oxygen atoms in total. The molecule has 0 aliphatic heterocycles. The van der Waals surface area contributed by atoms with E-state index in [0.29, 0.717) is 0 Å². The van der Waals surface area contributed by atoms with Gasteiger partial charge < -0.3 is 0 Å². The Hall–Kier alpha value is 0.550. The molecule has 0 rings (SSSR count). The maximum atomic E-state index is 11.0. The molecule has 12 heavy (non-hydrogen) atoms. The van der Waals surface area contributed by atoms with Crippen molar-refractivity contribution in [3.05, 3.63) is 11.4 Å². The molecule has 0 bridgehead atoms. The summed E-state index contributed by atoms with van der Waals surface area (Å²) in [7, 11) is 0. The lowest BCUT2D eigenvalue weighted by Gasteiger charge is -2.18. The summed E-state index contributed by atoms with van der Waals surface area (Å²) in [5, 5.41) is 0. The SMILES string of the molecule is CC(=CP(=O)(Cl)Cl)CC(C)(C)C. The van der Waals surface area contributed by atoms with E-state index in [9.17, 15) is 4.57 Å². The summed E-state index contributed by atoms with van der Waals surface area (Å²) in [5.41, 5.74) is 1.17. The summed E-state index contributed by atoms with van der Waals surface area (Å²) in [5.74, 6) is -1.57. The number of allylic oxidation sites excluding steroid dienone is 1. The van der Waals surface area contributed by atoms with E-state index in [1.54, 1.807) is 0 Å². The average Bonchev–Trinajstić information content (AvgIpc) is 1.49. The molecule has 4 heteroatoms. The Morgan fingerprint density at radius 1 is 1.42 bits per heavy atom. The van der Waals surface area contributed by atoms with Crippen molar-refractivity contribution in [3.8, 4) is 0 Å². The summed E-state index contributed by atoms with van der Waals surface area (Å²) in [4.78, 5) is 0. The molecule has 72 valence electrons. The maximum Gasteiger partial charge on any atom is 0.274 e. The van der Waals surface area contributed by atoms with Crippen molar-refractivity contribution in [1.82, 2.24) is 0 Å². The molecule has 0 aromatic rings. The second kappa shape index (κ2) is 4.17. The fraction of sp³-hybridized carbons (Fsp3) is 0.750. The van der Waals surface area contributed by atoms with Crippen LogP contribution in [0.4, 0.5) is 0 Å². The molecule has 0 aromatic heterocycles. The molecular weight excluding hydrogens is 214 g/mol. The molecule has 0 atom stereocenters. The molecule has 0 heterocycles. The lowest BCUT2D eigenvalue weighted by Crippen LogP contribution is -2.04. The fourth-order valence-corrected chi connectivity index (χ4v) is 2.74. The van der Waals surface area contributed by atoms with Gasteiger partial charge in [-0.05, 0) is 41.2 Å². The molecule has 0 aliphatic rings. The molecule has 0 radical (unpaired) electrons. The number of hydrogen-bond donors (Lipinski definition) is 0. The lowest BCUT2D eigenvalue weighted by molar-refractivity contribution is 0.410. The summed E-state index contributed by atoms with van der Waals surface area (Å²) >= 11 is 10.8. The van der Waals surface area contributed by atoms with E-state index in [0.717, 1.165) is 12.0 Å². The van der Waals surface area contributed by atoms with Crippen molar-refractivity contribution < 1.29 is 4.57 Å². The lowest BCUT2D eigenvalue weighted by atomic mass is 9.89. The molecule has 0 aromatic carbocycles. The van der Waals surface area contributed by atoms with Crippen molar-refractivity contribution >= 4 is 28.3 Å². The van der Waals surface area contributed by atoms with Gasteiger partial charge in [-0.1, -0.05) is 26.3 Å². The van der Waals surface area contributed by atoms with Gasteiger partial charge in [0.15, 0.2) is 0 Å². The molecule has 0 N–H and O–H groups in total. The second-order valence-electron chi connectivity index (χ2n) is 4.22. The van der Waals surface area contributed by atoms with Gasteiger partial charge in [0.2, 0.25) is 0 Å². The van der Waals surface area contributed by atoms with Crippen molar-refractivity contribution in [3.63, 3.8) is 0 Å². The van der Waals surface area contributed by atoms with Gasteiger partial charge in [-0.25, -0.2) is 0 Å². The Kier molecular flexibility index (Phi) is 4.37. The first-order valence-corrected chi connectivity index (χ1v) is 7.36. The van der Waals surface area contributed by atoms with Gasteiger partial charge in [0.05, 0.1) is 0 Å². The molecule has 0 fully saturated rings. The molecular formula is C8H15Cl2OP. The molecule has 0 aliphatic carbocycles. The fourth-order valence-electron chi connectivity index (χ4n) is 1.14. The van der Waals surface area contributed by atoms with E-state index < -0.39 is 5.85 Å². The van der Waals surface area contributed by atoms with Crippen molar-refractivity contribution in [1.29, 1.82) is 0 Å². The minimum Gasteiger partial charge on any atom is -0.285 e. The third-order valence-electron chi connectivity index (χ3n) is 1.18. The van der Waals surface area contributed by atoms with Crippen LogP contribution in [0.15, 0.2) is 11.4 Å². The first-order valence-electron chi connectivity index (χ1n) is 3.77. The van der Waals surface area contributed by atoms with Crippen LogP contribution in [0, 0.1) is 5.41 Å². The third-order valence-corrected chi connectivity index (χ3v) is 2.51. The van der Waals surface area contributed by atoms with Gasteiger partial charge in [-0.15, -0.1) is 0 Å². The van der Waals surface area contributed by atoms with E-state index in [4.69, 9.17) is 22.5 Å². The van der Waals surface area contributed by atoms with Crippen LogP contribution in [0.5, 0.6) is 0 Å². The van der Waals surface area contributed by atoms with Gasteiger partial charge in [0.1, 0.15) is 0 Å². The van der Waals surface area contributed by atoms with Crippen LogP contribution in [-0.2, 0) is 4.57 Å². The van der Waals surface area contributed by atoms with Crippen molar-refractivity contribution in [2.75, 3.05) is 0 Å². The van der Waals surface area contributed by atoms with Gasteiger partial charge in [-0.3, -0.25) is 4.57 Å². The van der Waals surface area contributed by atoms with E-state index in [-0.39, 0.29) is 5.41 Å². The number of halogens is 2. The highest BCUT2D eigenvalue weighted by atomic mass is 35.9. The molecule has 0 saturated heterocycles. The van der Waals surface area contributed by atoms with Crippen LogP contribution in [0.2, 0.25) is 0 Å². The quantitative estimate of drug-likeness (QED) is 0.609. The van der Waals surface area contributed by atoms with E-state index in [1.165, 1.54) is 5.82 Å². The summed E-state index contributed by atoms with van der Waals surface area (Å²) in [6.45, 7) is 8.22. The Bertz CT molecular complexity index is 222. The smallest absolute Gasteiger partial charge is 0.274 e. The Morgan fingerprint density at radius 3 is 2.08 bits per heavy atom. The summed E-state index contributed by atoms with van der Waals surface area (Å²) < 4.78 is 11.0. The highest BCUT2D eigenvalue weighted by Crippen LogP contribution is 2.59.